The fourth-order valence-electron chi connectivity index (χ4n) is 1.84. The average molecular weight is 246 g/mol. The van der Waals surface area contributed by atoms with Crippen molar-refractivity contribution in [3.05, 3.63) is 46.2 Å². The number of pyridine rings is 1. The van der Waals surface area contributed by atoms with Crippen molar-refractivity contribution in [1.82, 2.24) is 14.5 Å². The Hall–Kier alpha value is -2.24. The Balaban J connectivity index is 2.44. The number of rotatable bonds is 4. The van der Waals surface area contributed by atoms with E-state index in [2.05, 4.69) is 16.9 Å². The first-order chi connectivity index (χ1) is 8.63. The van der Waals surface area contributed by atoms with Crippen molar-refractivity contribution in [3.63, 3.8) is 0 Å². The summed E-state index contributed by atoms with van der Waals surface area (Å²) < 4.78 is 1.88. The van der Waals surface area contributed by atoms with E-state index < -0.39 is 4.92 Å². The summed E-state index contributed by atoms with van der Waals surface area (Å²) >= 11 is 0. The van der Waals surface area contributed by atoms with Crippen LogP contribution in [0.1, 0.15) is 24.7 Å². The van der Waals surface area contributed by atoms with Gasteiger partial charge in [-0.3, -0.25) is 14.7 Å². The average Bonchev–Trinajstić information content (AvgIpc) is 2.77. The number of imidazole rings is 1. The maximum Gasteiger partial charge on any atom is 0.287 e. The van der Waals surface area contributed by atoms with E-state index in [4.69, 9.17) is 0 Å². The predicted molar refractivity (Wildman–Crippen MR) is 66.7 cm³/mol. The maximum absolute atomic E-state index is 10.7. The van der Waals surface area contributed by atoms with Crippen molar-refractivity contribution in [2.45, 2.75) is 26.7 Å². The number of nitro groups is 1. The minimum Gasteiger partial charge on any atom is -0.288 e. The van der Waals surface area contributed by atoms with E-state index in [1.165, 1.54) is 12.3 Å². The molecule has 0 atom stereocenters. The first-order valence-electron chi connectivity index (χ1n) is 5.77. The molecule has 0 saturated carbocycles. The minimum atomic E-state index is -0.440. The van der Waals surface area contributed by atoms with Gasteiger partial charge in [0, 0.05) is 24.9 Å². The lowest BCUT2D eigenvalue weighted by atomic mass is 10.2. The van der Waals surface area contributed by atoms with Crippen molar-refractivity contribution in [2.24, 2.45) is 0 Å². The normalized spacial score (nSPS) is 10.6. The smallest absolute Gasteiger partial charge is 0.287 e. The molecule has 0 unspecified atom stereocenters. The minimum absolute atomic E-state index is 0.00778. The SMILES string of the molecule is CCCc1nccn1-c1ncc([N+](=O)[O-])cc1C. The van der Waals surface area contributed by atoms with Gasteiger partial charge < -0.3 is 0 Å². The lowest BCUT2D eigenvalue weighted by Gasteiger charge is -2.08. The molecule has 2 aromatic rings. The number of nitrogens with zero attached hydrogens (tertiary/aromatic N) is 4. The number of hydrogen-bond acceptors (Lipinski definition) is 4. The van der Waals surface area contributed by atoms with Crippen LogP contribution in [0.2, 0.25) is 0 Å². The molecule has 0 radical (unpaired) electrons. The molecule has 2 heterocycles. The second kappa shape index (κ2) is 4.95. The van der Waals surface area contributed by atoms with Crippen LogP contribution in [0, 0.1) is 17.0 Å². The summed E-state index contributed by atoms with van der Waals surface area (Å²) in [5, 5.41) is 10.7. The Morgan fingerprint density at radius 3 is 2.83 bits per heavy atom. The van der Waals surface area contributed by atoms with Crippen LogP contribution in [0.15, 0.2) is 24.7 Å². The van der Waals surface area contributed by atoms with E-state index in [1.807, 2.05) is 17.7 Å². The van der Waals surface area contributed by atoms with E-state index in [1.54, 1.807) is 6.20 Å². The Labute approximate surface area is 104 Å². The fourth-order valence-corrected chi connectivity index (χ4v) is 1.84. The van der Waals surface area contributed by atoms with Crippen LogP contribution in [-0.2, 0) is 6.42 Å². The molecule has 0 bridgehead atoms. The Kier molecular flexibility index (Phi) is 3.36. The first kappa shape index (κ1) is 12.2. The summed E-state index contributed by atoms with van der Waals surface area (Å²) in [6.45, 7) is 3.89. The molecule has 6 nitrogen and oxygen atoms in total. The lowest BCUT2D eigenvalue weighted by Crippen LogP contribution is -2.05. The molecule has 0 aliphatic rings. The van der Waals surface area contributed by atoms with Gasteiger partial charge in [0.1, 0.15) is 17.8 Å². The zero-order valence-corrected chi connectivity index (χ0v) is 10.3. The second-order valence-corrected chi connectivity index (χ2v) is 4.05. The highest BCUT2D eigenvalue weighted by atomic mass is 16.6. The van der Waals surface area contributed by atoms with E-state index >= 15 is 0 Å². The number of aryl methyl sites for hydroxylation is 2. The van der Waals surface area contributed by atoms with Crippen LogP contribution in [0.3, 0.4) is 0 Å². The quantitative estimate of drug-likeness (QED) is 0.613. The van der Waals surface area contributed by atoms with Crippen molar-refractivity contribution in [2.75, 3.05) is 0 Å². The Bertz CT molecular complexity index is 577. The zero-order valence-electron chi connectivity index (χ0n) is 10.3. The highest BCUT2D eigenvalue weighted by molar-refractivity contribution is 5.41. The Morgan fingerprint density at radius 1 is 1.44 bits per heavy atom. The first-order valence-corrected chi connectivity index (χ1v) is 5.77. The molecule has 0 N–H and O–H groups in total. The summed E-state index contributed by atoms with van der Waals surface area (Å²) in [7, 11) is 0. The predicted octanol–water partition coefficient (Wildman–Crippen LogP) is 2.44. The summed E-state index contributed by atoms with van der Waals surface area (Å²) in [5.41, 5.74) is 0.771. The molecule has 0 fully saturated rings. The van der Waals surface area contributed by atoms with Gasteiger partial charge in [-0.25, -0.2) is 9.97 Å². The van der Waals surface area contributed by atoms with Crippen molar-refractivity contribution < 1.29 is 4.92 Å². The summed E-state index contributed by atoms with van der Waals surface area (Å²) in [5.74, 6) is 1.61. The van der Waals surface area contributed by atoms with Gasteiger partial charge in [0.15, 0.2) is 0 Å². The molecule has 0 aliphatic carbocycles. The van der Waals surface area contributed by atoms with Crippen LogP contribution in [0.25, 0.3) is 5.82 Å². The number of aromatic nitrogens is 3. The summed E-state index contributed by atoms with van der Waals surface area (Å²) in [6.07, 6.45) is 6.66. The summed E-state index contributed by atoms with van der Waals surface area (Å²) in [6, 6.07) is 1.53. The number of hydrogen-bond donors (Lipinski definition) is 0. The molecule has 94 valence electrons. The molecule has 0 amide bonds. The van der Waals surface area contributed by atoms with Gasteiger partial charge in [-0.1, -0.05) is 6.92 Å². The van der Waals surface area contributed by atoms with Crippen molar-refractivity contribution in [1.29, 1.82) is 0 Å². The van der Waals surface area contributed by atoms with Gasteiger partial charge >= 0.3 is 0 Å². The Morgan fingerprint density at radius 2 is 2.22 bits per heavy atom. The van der Waals surface area contributed by atoms with Gasteiger partial charge in [-0.15, -0.1) is 0 Å². The maximum atomic E-state index is 10.7. The van der Waals surface area contributed by atoms with Crippen molar-refractivity contribution >= 4 is 5.69 Å². The van der Waals surface area contributed by atoms with Crippen molar-refractivity contribution in [3.8, 4) is 5.82 Å². The van der Waals surface area contributed by atoms with Crippen LogP contribution < -0.4 is 0 Å². The molecular formula is C12H14N4O2. The third-order valence-corrected chi connectivity index (χ3v) is 2.67. The summed E-state index contributed by atoms with van der Waals surface area (Å²) in [4.78, 5) is 18.7. The van der Waals surface area contributed by atoms with Crippen LogP contribution in [-0.4, -0.2) is 19.5 Å². The fraction of sp³-hybridized carbons (Fsp3) is 0.333. The van der Waals surface area contributed by atoms with Crippen LogP contribution in [0.5, 0.6) is 0 Å². The van der Waals surface area contributed by atoms with E-state index in [0.717, 1.165) is 24.2 Å². The highest BCUT2D eigenvalue weighted by Gasteiger charge is 2.12. The van der Waals surface area contributed by atoms with Crippen LogP contribution in [0.4, 0.5) is 5.69 Å². The molecule has 6 heteroatoms. The molecule has 0 aromatic carbocycles. The largest absolute Gasteiger partial charge is 0.288 e. The van der Waals surface area contributed by atoms with Gasteiger partial charge in [0.2, 0.25) is 0 Å². The lowest BCUT2D eigenvalue weighted by molar-refractivity contribution is -0.385. The van der Waals surface area contributed by atoms with Gasteiger partial charge in [0.25, 0.3) is 5.69 Å². The molecule has 2 rings (SSSR count). The van der Waals surface area contributed by atoms with Gasteiger partial charge in [-0.05, 0) is 18.9 Å². The van der Waals surface area contributed by atoms with Gasteiger partial charge in [-0.2, -0.15) is 0 Å². The molecule has 0 saturated heterocycles. The zero-order chi connectivity index (χ0) is 13.1. The van der Waals surface area contributed by atoms with E-state index in [0.29, 0.717) is 5.82 Å². The molecule has 0 aliphatic heterocycles. The second-order valence-electron chi connectivity index (χ2n) is 4.05. The standard InChI is InChI=1S/C12H14N4O2/c1-3-4-11-13-5-6-15(11)12-9(2)7-10(8-14-12)16(17)18/h5-8H,3-4H2,1-2H3. The molecule has 2 aromatic heterocycles. The third-order valence-electron chi connectivity index (χ3n) is 2.67. The molecular weight excluding hydrogens is 232 g/mol. The third kappa shape index (κ3) is 2.22. The highest BCUT2D eigenvalue weighted by Crippen LogP contribution is 2.19. The monoisotopic (exact) mass is 246 g/mol. The van der Waals surface area contributed by atoms with Crippen LogP contribution >= 0.6 is 0 Å². The van der Waals surface area contributed by atoms with E-state index in [9.17, 15) is 10.1 Å². The molecule has 18 heavy (non-hydrogen) atoms. The van der Waals surface area contributed by atoms with E-state index in [-0.39, 0.29) is 5.69 Å². The van der Waals surface area contributed by atoms with Gasteiger partial charge in [0.05, 0.1) is 4.92 Å². The topological polar surface area (TPSA) is 73.8 Å². The molecule has 0 spiro atoms.